The third-order valence-corrected chi connectivity index (χ3v) is 4.72. The lowest BCUT2D eigenvalue weighted by molar-refractivity contribution is 0.0955. The highest BCUT2D eigenvalue weighted by Gasteiger charge is 2.17. The number of benzene rings is 1. The van der Waals surface area contributed by atoms with E-state index in [-0.39, 0.29) is 17.3 Å². The van der Waals surface area contributed by atoms with Gasteiger partial charge in [-0.15, -0.1) is 0 Å². The fraction of sp³-hybridized carbons (Fsp3) is 0.250. The van der Waals surface area contributed by atoms with Crippen molar-refractivity contribution in [2.45, 2.75) is 25.3 Å². The van der Waals surface area contributed by atoms with Crippen LogP contribution in [0.4, 0.5) is 0 Å². The van der Waals surface area contributed by atoms with Gasteiger partial charge >= 0.3 is 0 Å². The van der Waals surface area contributed by atoms with E-state index < -0.39 is 10.0 Å². The number of pyridine rings is 1. The van der Waals surface area contributed by atoms with Gasteiger partial charge in [0.25, 0.3) is 5.91 Å². The minimum atomic E-state index is -3.70. The monoisotopic (exact) mass is 333 g/mol. The SMILES string of the molecule is CCNC(=O)c1cc(S(=O)(=O)NCc2ccncc2)ccc1C. The minimum Gasteiger partial charge on any atom is -0.352 e. The summed E-state index contributed by atoms with van der Waals surface area (Å²) in [5, 5.41) is 2.68. The molecule has 2 rings (SSSR count). The molecule has 1 aromatic heterocycles. The van der Waals surface area contributed by atoms with Crippen molar-refractivity contribution in [3.05, 3.63) is 59.4 Å². The summed E-state index contributed by atoms with van der Waals surface area (Å²) in [6.45, 7) is 4.22. The Kier molecular flexibility index (Phi) is 5.46. The lowest BCUT2D eigenvalue weighted by atomic mass is 10.1. The van der Waals surface area contributed by atoms with E-state index in [1.807, 2.05) is 6.92 Å². The van der Waals surface area contributed by atoms with Crippen molar-refractivity contribution in [1.82, 2.24) is 15.0 Å². The molecule has 0 saturated carbocycles. The predicted octanol–water partition coefficient (Wildman–Crippen LogP) is 1.62. The van der Waals surface area contributed by atoms with E-state index in [2.05, 4.69) is 15.0 Å². The molecule has 6 nitrogen and oxygen atoms in total. The second-order valence-corrected chi connectivity index (χ2v) is 6.78. The first-order valence-corrected chi connectivity index (χ1v) is 8.70. The zero-order valence-electron chi connectivity index (χ0n) is 13.0. The Hall–Kier alpha value is -2.25. The number of sulfonamides is 1. The molecule has 0 spiro atoms. The molecule has 2 aromatic rings. The van der Waals surface area contributed by atoms with Crippen LogP contribution >= 0.6 is 0 Å². The Balaban J connectivity index is 2.22. The summed E-state index contributed by atoms with van der Waals surface area (Å²) in [5.74, 6) is -0.281. The van der Waals surface area contributed by atoms with E-state index in [1.54, 1.807) is 37.5 Å². The standard InChI is InChI=1S/C16H19N3O3S/c1-3-18-16(20)15-10-14(5-4-12(15)2)23(21,22)19-11-13-6-8-17-9-7-13/h4-10,19H,3,11H2,1-2H3,(H,18,20). The first kappa shape index (κ1) is 17.1. The maximum absolute atomic E-state index is 12.4. The number of hydrogen-bond acceptors (Lipinski definition) is 4. The quantitative estimate of drug-likeness (QED) is 0.841. The van der Waals surface area contributed by atoms with Gasteiger partial charge in [-0.3, -0.25) is 9.78 Å². The van der Waals surface area contributed by atoms with Gasteiger partial charge in [-0.1, -0.05) is 6.07 Å². The van der Waals surface area contributed by atoms with Gasteiger partial charge in [-0.25, -0.2) is 13.1 Å². The summed E-state index contributed by atoms with van der Waals surface area (Å²) in [4.78, 5) is 15.9. The molecule has 122 valence electrons. The Morgan fingerprint density at radius 1 is 1.17 bits per heavy atom. The third-order valence-electron chi connectivity index (χ3n) is 3.32. The maximum Gasteiger partial charge on any atom is 0.251 e. The summed E-state index contributed by atoms with van der Waals surface area (Å²) in [5.41, 5.74) is 1.89. The second-order valence-electron chi connectivity index (χ2n) is 5.02. The van der Waals surface area contributed by atoms with Crippen LogP contribution in [-0.4, -0.2) is 25.9 Å². The molecule has 1 aromatic carbocycles. The van der Waals surface area contributed by atoms with Gasteiger partial charge in [0.05, 0.1) is 4.90 Å². The minimum absolute atomic E-state index is 0.0680. The molecule has 0 saturated heterocycles. The average molecular weight is 333 g/mol. The largest absolute Gasteiger partial charge is 0.352 e. The summed E-state index contributed by atoms with van der Waals surface area (Å²) >= 11 is 0. The van der Waals surface area contributed by atoms with Crippen molar-refractivity contribution in [3.8, 4) is 0 Å². The lowest BCUT2D eigenvalue weighted by Crippen LogP contribution is -2.26. The summed E-state index contributed by atoms with van der Waals surface area (Å²) in [6.07, 6.45) is 3.20. The van der Waals surface area contributed by atoms with Gasteiger partial charge in [0.1, 0.15) is 0 Å². The molecular weight excluding hydrogens is 314 g/mol. The Labute approximate surface area is 136 Å². The van der Waals surface area contributed by atoms with Crippen LogP contribution in [0.5, 0.6) is 0 Å². The van der Waals surface area contributed by atoms with E-state index in [0.29, 0.717) is 12.1 Å². The number of amides is 1. The number of carbonyl (C=O) groups excluding carboxylic acids is 1. The normalized spacial score (nSPS) is 11.2. The third kappa shape index (κ3) is 4.37. The molecule has 1 amide bonds. The number of nitrogens with one attached hydrogen (secondary N) is 2. The number of hydrogen-bond donors (Lipinski definition) is 2. The van der Waals surface area contributed by atoms with Crippen molar-refractivity contribution < 1.29 is 13.2 Å². The van der Waals surface area contributed by atoms with E-state index in [1.165, 1.54) is 12.1 Å². The van der Waals surface area contributed by atoms with Gasteiger partial charge in [0.15, 0.2) is 0 Å². The fourth-order valence-electron chi connectivity index (χ4n) is 2.03. The molecule has 0 atom stereocenters. The van der Waals surface area contributed by atoms with Crippen LogP contribution in [0.15, 0.2) is 47.6 Å². The van der Waals surface area contributed by atoms with Crippen LogP contribution in [0.2, 0.25) is 0 Å². The van der Waals surface area contributed by atoms with Crippen LogP contribution in [0.25, 0.3) is 0 Å². The fourth-order valence-corrected chi connectivity index (χ4v) is 3.07. The summed E-state index contributed by atoms with van der Waals surface area (Å²) in [7, 11) is -3.70. The van der Waals surface area contributed by atoms with Crippen molar-refractivity contribution in [1.29, 1.82) is 0 Å². The number of rotatable bonds is 6. The Bertz CT molecular complexity index is 789. The highest BCUT2D eigenvalue weighted by atomic mass is 32.2. The van der Waals surface area contributed by atoms with Crippen LogP contribution in [-0.2, 0) is 16.6 Å². The molecule has 0 aliphatic carbocycles. The number of nitrogens with zero attached hydrogens (tertiary/aromatic N) is 1. The van der Waals surface area contributed by atoms with Crippen LogP contribution in [0, 0.1) is 6.92 Å². The molecule has 0 aliphatic heterocycles. The molecule has 0 bridgehead atoms. The van der Waals surface area contributed by atoms with Crippen molar-refractivity contribution >= 4 is 15.9 Å². The molecule has 0 unspecified atom stereocenters. The maximum atomic E-state index is 12.4. The van der Waals surface area contributed by atoms with Crippen LogP contribution in [0.3, 0.4) is 0 Å². The molecule has 7 heteroatoms. The Morgan fingerprint density at radius 2 is 1.87 bits per heavy atom. The van der Waals surface area contributed by atoms with Gasteiger partial charge in [-0.2, -0.15) is 0 Å². The molecular formula is C16H19N3O3S. The molecule has 23 heavy (non-hydrogen) atoms. The number of aromatic nitrogens is 1. The first-order chi connectivity index (χ1) is 10.9. The highest BCUT2D eigenvalue weighted by molar-refractivity contribution is 7.89. The van der Waals surface area contributed by atoms with E-state index >= 15 is 0 Å². The zero-order valence-corrected chi connectivity index (χ0v) is 13.9. The molecule has 0 radical (unpaired) electrons. The smallest absolute Gasteiger partial charge is 0.251 e. The van der Waals surface area contributed by atoms with Gasteiger partial charge < -0.3 is 5.32 Å². The van der Waals surface area contributed by atoms with Crippen molar-refractivity contribution in [3.63, 3.8) is 0 Å². The molecule has 0 aliphatic rings. The Morgan fingerprint density at radius 3 is 2.52 bits per heavy atom. The average Bonchev–Trinajstić information content (AvgIpc) is 2.54. The topological polar surface area (TPSA) is 88.2 Å². The van der Waals surface area contributed by atoms with E-state index in [9.17, 15) is 13.2 Å². The first-order valence-electron chi connectivity index (χ1n) is 7.21. The summed E-state index contributed by atoms with van der Waals surface area (Å²) < 4.78 is 27.3. The molecule has 1 heterocycles. The number of aryl methyl sites for hydroxylation is 1. The van der Waals surface area contributed by atoms with Crippen LogP contribution in [0.1, 0.15) is 28.4 Å². The van der Waals surface area contributed by atoms with Gasteiger partial charge in [0, 0.05) is 31.0 Å². The molecule has 2 N–H and O–H groups in total. The van der Waals surface area contributed by atoms with E-state index in [4.69, 9.17) is 0 Å². The summed E-state index contributed by atoms with van der Waals surface area (Å²) in [6, 6.07) is 7.99. The predicted molar refractivity (Wildman–Crippen MR) is 87.4 cm³/mol. The van der Waals surface area contributed by atoms with Gasteiger partial charge in [-0.05, 0) is 49.2 Å². The van der Waals surface area contributed by atoms with Crippen molar-refractivity contribution in [2.75, 3.05) is 6.54 Å². The van der Waals surface area contributed by atoms with Crippen LogP contribution < -0.4 is 10.0 Å². The molecule has 0 fully saturated rings. The zero-order chi connectivity index (χ0) is 16.9. The lowest BCUT2D eigenvalue weighted by Gasteiger charge is -2.10. The van der Waals surface area contributed by atoms with Gasteiger partial charge in [0.2, 0.25) is 10.0 Å². The van der Waals surface area contributed by atoms with E-state index in [0.717, 1.165) is 11.1 Å². The van der Waals surface area contributed by atoms with Crippen molar-refractivity contribution in [2.24, 2.45) is 0 Å². The second kappa shape index (κ2) is 7.34. The highest BCUT2D eigenvalue weighted by Crippen LogP contribution is 2.16. The number of carbonyl (C=O) groups is 1.